The van der Waals surface area contributed by atoms with E-state index >= 15 is 0 Å². The van der Waals surface area contributed by atoms with Crippen LogP contribution in [0.25, 0.3) is 10.9 Å². The minimum Gasteiger partial charge on any atom is -0.293 e. The largest absolute Gasteiger partial charge is 0.293 e. The van der Waals surface area contributed by atoms with Gasteiger partial charge in [-0.1, -0.05) is 24.3 Å². The van der Waals surface area contributed by atoms with Crippen molar-refractivity contribution < 1.29 is 4.79 Å². The van der Waals surface area contributed by atoms with Crippen molar-refractivity contribution in [2.75, 3.05) is 5.75 Å². The van der Waals surface area contributed by atoms with Crippen molar-refractivity contribution >= 4 is 28.4 Å². The van der Waals surface area contributed by atoms with Crippen LogP contribution in [-0.2, 0) is 0 Å². The number of Topliss-reactive ketones (excluding diaryl/α,β-unsaturated/α-hetero) is 1. The van der Waals surface area contributed by atoms with Crippen LogP contribution >= 0.6 is 11.8 Å². The van der Waals surface area contributed by atoms with Crippen molar-refractivity contribution in [2.24, 2.45) is 0 Å². The van der Waals surface area contributed by atoms with E-state index < -0.39 is 0 Å². The summed E-state index contributed by atoms with van der Waals surface area (Å²) in [7, 11) is 0. The average Bonchev–Trinajstić information content (AvgIpc) is 2.53. The first-order valence-corrected chi connectivity index (χ1v) is 7.79. The summed E-state index contributed by atoms with van der Waals surface area (Å²) in [4.78, 5) is 17.9. The van der Waals surface area contributed by atoms with Crippen LogP contribution in [0, 0.1) is 6.92 Å². The number of pyridine rings is 1. The van der Waals surface area contributed by atoms with Crippen LogP contribution in [0.1, 0.15) is 16.1 Å². The maximum absolute atomic E-state index is 12.3. The van der Waals surface area contributed by atoms with Gasteiger partial charge in [0.05, 0.1) is 11.3 Å². The molecule has 0 saturated carbocycles. The molecule has 104 valence electrons. The highest BCUT2D eigenvalue weighted by Gasteiger charge is 2.08. The van der Waals surface area contributed by atoms with E-state index in [2.05, 4.69) is 4.98 Å². The first kappa shape index (κ1) is 13.8. The van der Waals surface area contributed by atoms with Gasteiger partial charge in [-0.15, -0.1) is 11.8 Å². The number of carbonyl (C=O) groups excluding carboxylic acids is 1. The Kier molecular flexibility index (Phi) is 4.02. The Hall–Kier alpha value is -2.13. The summed E-state index contributed by atoms with van der Waals surface area (Å²) in [5, 5.41) is 1.01. The minimum absolute atomic E-state index is 0.145. The highest BCUT2D eigenvalue weighted by atomic mass is 32.2. The van der Waals surface area contributed by atoms with Gasteiger partial charge in [0, 0.05) is 21.5 Å². The Balaban J connectivity index is 1.77. The van der Waals surface area contributed by atoms with Crippen molar-refractivity contribution in [1.29, 1.82) is 0 Å². The van der Waals surface area contributed by atoms with Gasteiger partial charge in [0.1, 0.15) is 0 Å². The van der Waals surface area contributed by atoms with Crippen molar-refractivity contribution in [2.45, 2.75) is 11.8 Å². The molecule has 0 fully saturated rings. The molecule has 0 saturated heterocycles. The van der Waals surface area contributed by atoms with Crippen LogP contribution in [-0.4, -0.2) is 16.5 Å². The monoisotopic (exact) mass is 293 g/mol. The fourth-order valence-electron chi connectivity index (χ4n) is 2.15. The molecule has 3 heteroatoms. The highest BCUT2D eigenvalue weighted by molar-refractivity contribution is 8.00. The second kappa shape index (κ2) is 6.10. The molecular weight excluding hydrogens is 278 g/mol. The van der Waals surface area contributed by atoms with E-state index in [-0.39, 0.29) is 5.78 Å². The van der Waals surface area contributed by atoms with Crippen molar-refractivity contribution in [1.82, 2.24) is 4.98 Å². The van der Waals surface area contributed by atoms with E-state index in [1.807, 2.05) is 67.6 Å². The van der Waals surface area contributed by atoms with Gasteiger partial charge in [0.2, 0.25) is 0 Å². The lowest BCUT2D eigenvalue weighted by atomic mass is 10.1. The Morgan fingerprint density at radius 2 is 1.86 bits per heavy atom. The number of rotatable bonds is 4. The Labute approximate surface area is 128 Å². The average molecular weight is 293 g/mol. The molecule has 0 spiro atoms. The summed E-state index contributed by atoms with van der Waals surface area (Å²) in [6.07, 6.45) is 0. The standard InChI is InChI=1S/C18H15NOS/c1-13-7-8-14-11-15(9-10-17(14)19-13)18(20)12-21-16-5-3-2-4-6-16/h2-11H,12H2,1H3. The minimum atomic E-state index is 0.145. The van der Waals surface area contributed by atoms with Crippen LogP contribution in [0.4, 0.5) is 0 Å². The van der Waals surface area contributed by atoms with Crippen LogP contribution < -0.4 is 0 Å². The predicted molar refractivity (Wildman–Crippen MR) is 88.0 cm³/mol. The number of hydrogen-bond donors (Lipinski definition) is 0. The van der Waals surface area contributed by atoms with E-state index in [0.717, 1.165) is 27.1 Å². The number of aryl methyl sites for hydroxylation is 1. The number of thioether (sulfide) groups is 1. The fraction of sp³-hybridized carbons (Fsp3) is 0.111. The Morgan fingerprint density at radius 1 is 1.05 bits per heavy atom. The molecule has 3 rings (SSSR count). The van der Waals surface area contributed by atoms with Crippen LogP contribution in [0.2, 0.25) is 0 Å². The second-order valence-corrected chi connectivity index (χ2v) is 5.93. The lowest BCUT2D eigenvalue weighted by Gasteiger charge is -2.04. The van der Waals surface area contributed by atoms with Gasteiger partial charge in [-0.2, -0.15) is 0 Å². The number of ketones is 1. The summed E-state index contributed by atoms with van der Waals surface area (Å²) in [6.45, 7) is 1.97. The van der Waals surface area contributed by atoms with Gasteiger partial charge in [0.15, 0.2) is 5.78 Å². The maximum atomic E-state index is 12.3. The van der Waals surface area contributed by atoms with Gasteiger partial charge in [0.25, 0.3) is 0 Å². The van der Waals surface area contributed by atoms with Gasteiger partial charge in [-0.05, 0) is 43.3 Å². The van der Waals surface area contributed by atoms with E-state index in [9.17, 15) is 4.79 Å². The van der Waals surface area contributed by atoms with Crippen molar-refractivity contribution in [3.8, 4) is 0 Å². The number of carbonyl (C=O) groups is 1. The van der Waals surface area contributed by atoms with E-state index in [0.29, 0.717) is 5.75 Å². The first-order chi connectivity index (χ1) is 10.2. The zero-order valence-electron chi connectivity index (χ0n) is 11.7. The summed E-state index contributed by atoms with van der Waals surface area (Å²) in [6, 6.07) is 19.7. The molecule has 2 nitrogen and oxygen atoms in total. The van der Waals surface area contributed by atoms with Crippen LogP contribution in [0.5, 0.6) is 0 Å². The highest BCUT2D eigenvalue weighted by Crippen LogP contribution is 2.20. The number of benzene rings is 2. The lowest BCUT2D eigenvalue weighted by Crippen LogP contribution is -2.02. The molecule has 3 aromatic rings. The van der Waals surface area contributed by atoms with Gasteiger partial charge in [-0.3, -0.25) is 9.78 Å². The number of fused-ring (bicyclic) bond motifs is 1. The fourth-order valence-corrected chi connectivity index (χ4v) is 2.96. The molecule has 0 radical (unpaired) electrons. The first-order valence-electron chi connectivity index (χ1n) is 6.81. The third-order valence-corrected chi connectivity index (χ3v) is 4.28. The molecule has 0 aliphatic carbocycles. The molecule has 0 unspecified atom stereocenters. The van der Waals surface area contributed by atoms with Gasteiger partial charge >= 0.3 is 0 Å². The zero-order valence-corrected chi connectivity index (χ0v) is 12.6. The molecule has 0 N–H and O–H groups in total. The quantitative estimate of drug-likeness (QED) is 0.523. The summed E-state index contributed by atoms with van der Waals surface area (Å²) in [5.74, 6) is 0.598. The predicted octanol–water partition coefficient (Wildman–Crippen LogP) is 4.52. The molecule has 0 aliphatic heterocycles. The SMILES string of the molecule is Cc1ccc2cc(C(=O)CSc3ccccc3)ccc2n1. The number of nitrogens with zero attached hydrogens (tertiary/aromatic N) is 1. The smallest absolute Gasteiger partial charge is 0.173 e. The molecule has 21 heavy (non-hydrogen) atoms. The normalized spacial score (nSPS) is 10.7. The molecule has 1 aromatic heterocycles. The van der Waals surface area contributed by atoms with Crippen LogP contribution in [0.15, 0.2) is 65.6 Å². The van der Waals surface area contributed by atoms with E-state index in [4.69, 9.17) is 0 Å². The van der Waals surface area contributed by atoms with Gasteiger partial charge < -0.3 is 0 Å². The van der Waals surface area contributed by atoms with Crippen molar-refractivity contribution in [3.05, 3.63) is 71.9 Å². The third-order valence-electron chi connectivity index (χ3n) is 3.26. The second-order valence-electron chi connectivity index (χ2n) is 4.89. The molecule has 0 atom stereocenters. The molecular formula is C18H15NOS. The van der Waals surface area contributed by atoms with Gasteiger partial charge in [-0.25, -0.2) is 0 Å². The Bertz CT molecular complexity index is 784. The Morgan fingerprint density at radius 3 is 2.67 bits per heavy atom. The summed E-state index contributed by atoms with van der Waals surface area (Å²) in [5.41, 5.74) is 2.67. The molecule has 1 heterocycles. The molecule has 0 aliphatic rings. The van der Waals surface area contributed by atoms with Crippen LogP contribution in [0.3, 0.4) is 0 Å². The molecule has 0 amide bonds. The van der Waals surface area contributed by atoms with Crippen molar-refractivity contribution in [3.63, 3.8) is 0 Å². The van der Waals surface area contributed by atoms with E-state index in [1.54, 1.807) is 11.8 Å². The number of hydrogen-bond acceptors (Lipinski definition) is 3. The molecule has 0 bridgehead atoms. The topological polar surface area (TPSA) is 30.0 Å². The zero-order chi connectivity index (χ0) is 14.7. The number of aromatic nitrogens is 1. The maximum Gasteiger partial charge on any atom is 0.173 e. The van der Waals surface area contributed by atoms with E-state index in [1.165, 1.54) is 0 Å². The summed E-state index contributed by atoms with van der Waals surface area (Å²) >= 11 is 1.57. The third kappa shape index (κ3) is 3.31. The molecule has 2 aromatic carbocycles. The summed E-state index contributed by atoms with van der Waals surface area (Å²) < 4.78 is 0. The lowest BCUT2D eigenvalue weighted by molar-refractivity contribution is 0.102.